The van der Waals surface area contributed by atoms with Gasteiger partial charge in [-0.15, -0.1) is 0 Å². The second-order valence-electron chi connectivity index (χ2n) is 5.06. The summed E-state index contributed by atoms with van der Waals surface area (Å²) in [5.41, 5.74) is 0.646. The van der Waals surface area contributed by atoms with E-state index in [-0.39, 0.29) is 17.7 Å². The van der Waals surface area contributed by atoms with E-state index in [1.807, 2.05) is 11.8 Å². The second-order valence-corrected chi connectivity index (χ2v) is 5.50. The number of likely N-dealkylation sites (tertiary alicyclic amines) is 1. The number of hydrogen-bond acceptors (Lipinski definition) is 4. The average molecular weight is 300 g/mol. The summed E-state index contributed by atoms with van der Waals surface area (Å²) in [6.07, 6.45) is 0.620. The Morgan fingerprint density at radius 3 is 2.80 bits per heavy atom. The standard InChI is InChI=1S/C14H18ClNO4/c1-8-11(14(18)19)3-4-16(8)7-9-5-10(15)6-12(20-2)13(9)17/h5-6,8,11,17H,3-4,7H2,1-2H3,(H,18,19). The van der Waals surface area contributed by atoms with E-state index >= 15 is 0 Å². The van der Waals surface area contributed by atoms with Crippen LogP contribution in [-0.2, 0) is 11.3 Å². The number of ether oxygens (including phenoxy) is 1. The highest BCUT2D eigenvalue weighted by molar-refractivity contribution is 6.30. The molecule has 20 heavy (non-hydrogen) atoms. The summed E-state index contributed by atoms with van der Waals surface area (Å²) in [5.74, 6) is -0.747. The Kier molecular flexibility index (Phi) is 4.40. The number of phenols is 1. The smallest absolute Gasteiger partial charge is 0.308 e. The first-order valence-electron chi connectivity index (χ1n) is 6.46. The van der Waals surface area contributed by atoms with Crippen LogP contribution in [0.25, 0.3) is 0 Å². The van der Waals surface area contributed by atoms with Gasteiger partial charge in [-0.1, -0.05) is 11.6 Å². The van der Waals surface area contributed by atoms with Crippen LogP contribution in [0, 0.1) is 5.92 Å². The van der Waals surface area contributed by atoms with Gasteiger partial charge in [0.25, 0.3) is 0 Å². The molecule has 0 amide bonds. The molecule has 0 saturated carbocycles. The van der Waals surface area contributed by atoms with Crippen molar-refractivity contribution in [3.8, 4) is 11.5 Å². The van der Waals surface area contributed by atoms with Crippen LogP contribution in [0.1, 0.15) is 18.9 Å². The summed E-state index contributed by atoms with van der Waals surface area (Å²) in [5, 5.41) is 19.7. The minimum absolute atomic E-state index is 0.0582. The second kappa shape index (κ2) is 5.89. The van der Waals surface area contributed by atoms with E-state index in [1.165, 1.54) is 7.11 Å². The van der Waals surface area contributed by atoms with Gasteiger partial charge in [-0.05, 0) is 26.0 Å². The fraction of sp³-hybridized carbons (Fsp3) is 0.500. The highest BCUT2D eigenvalue weighted by Crippen LogP contribution is 2.36. The number of aromatic hydroxyl groups is 1. The maximum absolute atomic E-state index is 11.1. The summed E-state index contributed by atoms with van der Waals surface area (Å²) in [4.78, 5) is 13.1. The molecular formula is C14H18ClNO4. The van der Waals surface area contributed by atoms with Gasteiger partial charge in [0.15, 0.2) is 11.5 Å². The Morgan fingerprint density at radius 1 is 1.55 bits per heavy atom. The van der Waals surface area contributed by atoms with E-state index in [4.69, 9.17) is 21.4 Å². The molecule has 0 radical (unpaired) electrons. The van der Waals surface area contributed by atoms with Gasteiger partial charge in [0.1, 0.15) is 0 Å². The van der Waals surface area contributed by atoms with Gasteiger partial charge in [0, 0.05) is 29.2 Å². The lowest BCUT2D eigenvalue weighted by molar-refractivity contribution is -0.142. The fourth-order valence-corrected chi connectivity index (χ4v) is 2.91. The van der Waals surface area contributed by atoms with Crippen molar-refractivity contribution in [2.75, 3.05) is 13.7 Å². The lowest BCUT2D eigenvalue weighted by Gasteiger charge is -2.23. The number of phenolic OH excluding ortho intramolecular Hbond substituents is 1. The van der Waals surface area contributed by atoms with Crippen molar-refractivity contribution < 1.29 is 19.7 Å². The number of rotatable bonds is 4. The van der Waals surface area contributed by atoms with Gasteiger partial charge in [-0.3, -0.25) is 9.69 Å². The molecule has 2 rings (SSSR count). The van der Waals surface area contributed by atoms with Crippen LogP contribution in [0.2, 0.25) is 5.02 Å². The maximum atomic E-state index is 11.1. The van der Waals surface area contributed by atoms with E-state index in [9.17, 15) is 9.90 Å². The number of carbonyl (C=O) groups is 1. The van der Waals surface area contributed by atoms with Crippen LogP contribution in [0.4, 0.5) is 0 Å². The van der Waals surface area contributed by atoms with Crippen molar-refractivity contribution in [1.82, 2.24) is 4.90 Å². The number of benzene rings is 1. The molecule has 1 fully saturated rings. The zero-order chi connectivity index (χ0) is 14.9. The van der Waals surface area contributed by atoms with E-state index in [0.717, 1.165) is 0 Å². The van der Waals surface area contributed by atoms with Gasteiger partial charge in [-0.2, -0.15) is 0 Å². The Labute approximate surface area is 122 Å². The van der Waals surface area contributed by atoms with Crippen molar-refractivity contribution in [2.45, 2.75) is 25.9 Å². The summed E-state index contributed by atoms with van der Waals surface area (Å²) < 4.78 is 5.07. The third-order valence-corrected chi connectivity index (χ3v) is 4.13. The van der Waals surface area contributed by atoms with Crippen LogP contribution in [0.3, 0.4) is 0 Å². The lowest BCUT2D eigenvalue weighted by Crippen LogP contribution is -2.32. The Bertz CT molecular complexity index is 520. The predicted molar refractivity (Wildman–Crippen MR) is 75.3 cm³/mol. The molecule has 0 bridgehead atoms. The number of nitrogens with zero attached hydrogens (tertiary/aromatic N) is 1. The first-order chi connectivity index (χ1) is 9.43. The van der Waals surface area contributed by atoms with Crippen molar-refractivity contribution in [3.05, 3.63) is 22.7 Å². The molecule has 0 aliphatic carbocycles. The van der Waals surface area contributed by atoms with Crippen LogP contribution >= 0.6 is 11.6 Å². The summed E-state index contributed by atoms with van der Waals surface area (Å²) in [6.45, 7) is 3.03. The van der Waals surface area contributed by atoms with Crippen molar-refractivity contribution >= 4 is 17.6 Å². The molecule has 110 valence electrons. The Balaban J connectivity index is 2.19. The van der Waals surface area contributed by atoms with Crippen LogP contribution in [0.5, 0.6) is 11.5 Å². The van der Waals surface area contributed by atoms with E-state index in [0.29, 0.717) is 35.8 Å². The molecule has 1 saturated heterocycles. The largest absolute Gasteiger partial charge is 0.504 e. The van der Waals surface area contributed by atoms with Crippen LogP contribution < -0.4 is 4.74 Å². The van der Waals surface area contributed by atoms with Crippen molar-refractivity contribution in [3.63, 3.8) is 0 Å². The van der Waals surface area contributed by atoms with Gasteiger partial charge in [-0.25, -0.2) is 0 Å². The molecule has 0 spiro atoms. The molecule has 2 N–H and O–H groups in total. The van der Waals surface area contributed by atoms with Crippen LogP contribution in [-0.4, -0.2) is 40.8 Å². The van der Waals surface area contributed by atoms with E-state index in [2.05, 4.69) is 0 Å². The number of carboxylic acids is 1. The molecule has 5 nitrogen and oxygen atoms in total. The highest BCUT2D eigenvalue weighted by Gasteiger charge is 2.35. The number of carboxylic acid groups (broad SMARTS) is 1. The molecule has 6 heteroatoms. The summed E-state index contributed by atoms with van der Waals surface area (Å²) in [7, 11) is 1.47. The minimum Gasteiger partial charge on any atom is -0.504 e. The van der Waals surface area contributed by atoms with E-state index in [1.54, 1.807) is 12.1 Å². The van der Waals surface area contributed by atoms with Gasteiger partial charge in [0.2, 0.25) is 0 Å². The van der Waals surface area contributed by atoms with Crippen molar-refractivity contribution in [1.29, 1.82) is 0 Å². The SMILES string of the molecule is COc1cc(Cl)cc(CN2CCC(C(=O)O)C2C)c1O. The van der Waals surface area contributed by atoms with Gasteiger partial charge in [0.05, 0.1) is 13.0 Å². The molecule has 1 aromatic rings. The number of aliphatic carboxylic acids is 1. The summed E-state index contributed by atoms with van der Waals surface area (Å²) in [6, 6.07) is 3.16. The molecular weight excluding hydrogens is 282 g/mol. The number of halogens is 1. The lowest BCUT2D eigenvalue weighted by atomic mass is 10.0. The van der Waals surface area contributed by atoms with Gasteiger partial charge >= 0.3 is 5.97 Å². The van der Waals surface area contributed by atoms with Crippen LogP contribution in [0.15, 0.2) is 12.1 Å². The van der Waals surface area contributed by atoms with E-state index < -0.39 is 5.97 Å². The van der Waals surface area contributed by atoms with Crippen molar-refractivity contribution in [2.24, 2.45) is 5.92 Å². The average Bonchev–Trinajstić information content (AvgIpc) is 2.75. The van der Waals surface area contributed by atoms with Gasteiger partial charge < -0.3 is 14.9 Å². The normalized spacial score (nSPS) is 22.9. The zero-order valence-electron chi connectivity index (χ0n) is 11.5. The minimum atomic E-state index is -0.770. The Morgan fingerprint density at radius 2 is 2.25 bits per heavy atom. The third-order valence-electron chi connectivity index (χ3n) is 3.91. The quantitative estimate of drug-likeness (QED) is 0.893. The Hall–Kier alpha value is -1.46. The summed E-state index contributed by atoms with van der Waals surface area (Å²) >= 11 is 6.00. The fourth-order valence-electron chi connectivity index (χ4n) is 2.68. The first-order valence-corrected chi connectivity index (χ1v) is 6.84. The molecule has 1 aliphatic heterocycles. The number of hydrogen-bond donors (Lipinski definition) is 2. The molecule has 2 unspecified atom stereocenters. The molecule has 2 atom stereocenters. The topological polar surface area (TPSA) is 70.0 Å². The monoisotopic (exact) mass is 299 g/mol. The third kappa shape index (κ3) is 2.83. The molecule has 1 aromatic carbocycles. The molecule has 1 heterocycles. The zero-order valence-corrected chi connectivity index (χ0v) is 12.2. The highest BCUT2D eigenvalue weighted by atomic mass is 35.5. The molecule has 1 aliphatic rings. The maximum Gasteiger partial charge on any atom is 0.308 e. The molecule has 0 aromatic heterocycles. The first kappa shape index (κ1) is 14.9. The predicted octanol–water partition coefficient (Wildman–Crippen LogP) is 2.35. The number of methoxy groups -OCH3 is 1.